The molecular formula is C9H20N2OS. The monoisotopic (exact) mass is 204 g/mol. The van der Waals surface area contributed by atoms with Gasteiger partial charge in [0.05, 0.1) is 11.0 Å². The summed E-state index contributed by atoms with van der Waals surface area (Å²) in [4.78, 5) is 2.68. The molecule has 78 valence electrons. The zero-order chi connectivity index (χ0) is 10.3. The molecular weight excluding hydrogens is 184 g/mol. The van der Waals surface area contributed by atoms with Gasteiger partial charge in [-0.3, -0.25) is 4.90 Å². The van der Waals surface area contributed by atoms with Gasteiger partial charge in [-0.15, -0.1) is 0 Å². The molecule has 1 unspecified atom stereocenters. The summed E-state index contributed by atoms with van der Waals surface area (Å²) >= 11 is 4.89. The minimum Gasteiger partial charge on any atom is -0.396 e. The maximum Gasteiger partial charge on any atom is 0.0899 e. The number of unbranched alkanes of at least 4 members (excludes halogenated alkanes) is 2. The molecule has 0 aliphatic carbocycles. The van der Waals surface area contributed by atoms with Crippen LogP contribution >= 0.6 is 12.2 Å². The summed E-state index contributed by atoms with van der Waals surface area (Å²) in [5, 5.41) is 8.57. The van der Waals surface area contributed by atoms with Gasteiger partial charge in [0.25, 0.3) is 0 Å². The maximum atomic E-state index is 8.57. The van der Waals surface area contributed by atoms with Gasteiger partial charge in [-0.1, -0.05) is 12.2 Å². The molecule has 0 rings (SSSR count). The zero-order valence-electron chi connectivity index (χ0n) is 8.49. The van der Waals surface area contributed by atoms with Crippen LogP contribution in [0.15, 0.2) is 0 Å². The van der Waals surface area contributed by atoms with Crippen LogP contribution in [0.5, 0.6) is 0 Å². The highest BCUT2D eigenvalue weighted by molar-refractivity contribution is 7.80. The minimum absolute atomic E-state index is 0.170. The van der Waals surface area contributed by atoms with E-state index in [2.05, 4.69) is 4.90 Å². The van der Waals surface area contributed by atoms with E-state index >= 15 is 0 Å². The first-order chi connectivity index (χ1) is 6.09. The van der Waals surface area contributed by atoms with Crippen LogP contribution in [-0.2, 0) is 0 Å². The molecule has 0 heterocycles. The van der Waals surface area contributed by atoms with Crippen LogP contribution in [0.3, 0.4) is 0 Å². The van der Waals surface area contributed by atoms with E-state index in [4.69, 9.17) is 23.1 Å². The molecule has 0 bridgehead atoms. The van der Waals surface area contributed by atoms with Crippen molar-refractivity contribution in [1.82, 2.24) is 4.90 Å². The number of likely N-dealkylation sites (N-methyl/N-ethyl adjacent to an activating group) is 1. The molecule has 0 aliphatic rings. The SMILES string of the molecule is CC(C(N)=S)N(C)CCCCCO. The van der Waals surface area contributed by atoms with Crippen molar-refractivity contribution in [3.63, 3.8) is 0 Å². The number of nitrogens with two attached hydrogens (primary N) is 1. The number of nitrogens with zero attached hydrogens (tertiary/aromatic N) is 1. The highest BCUT2D eigenvalue weighted by atomic mass is 32.1. The number of hydrogen-bond donors (Lipinski definition) is 2. The normalized spacial score (nSPS) is 13.2. The van der Waals surface area contributed by atoms with Crippen molar-refractivity contribution in [3.05, 3.63) is 0 Å². The Balaban J connectivity index is 3.50. The molecule has 1 atom stereocenters. The van der Waals surface area contributed by atoms with Gasteiger partial charge in [-0.05, 0) is 39.8 Å². The fraction of sp³-hybridized carbons (Fsp3) is 0.889. The fourth-order valence-electron chi connectivity index (χ4n) is 1.06. The Kier molecular flexibility index (Phi) is 7.13. The van der Waals surface area contributed by atoms with Gasteiger partial charge in [0, 0.05) is 6.61 Å². The second-order valence-electron chi connectivity index (χ2n) is 3.34. The van der Waals surface area contributed by atoms with E-state index in [1.165, 1.54) is 0 Å². The molecule has 0 aromatic carbocycles. The summed E-state index contributed by atoms with van der Waals surface area (Å²) in [7, 11) is 2.02. The lowest BCUT2D eigenvalue weighted by atomic mass is 10.2. The van der Waals surface area contributed by atoms with Crippen LogP contribution in [0.25, 0.3) is 0 Å². The first kappa shape index (κ1) is 12.8. The number of aliphatic hydroxyl groups excluding tert-OH is 1. The van der Waals surface area contributed by atoms with Crippen molar-refractivity contribution < 1.29 is 5.11 Å². The predicted octanol–water partition coefficient (Wildman–Crippen LogP) is 0.755. The van der Waals surface area contributed by atoms with Gasteiger partial charge in [0.1, 0.15) is 0 Å². The molecule has 0 aromatic rings. The van der Waals surface area contributed by atoms with Crippen LogP contribution < -0.4 is 5.73 Å². The van der Waals surface area contributed by atoms with Crippen LogP contribution in [-0.4, -0.2) is 41.2 Å². The molecule has 0 spiro atoms. The molecule has 3 nitrogen and oxygen atoms in total. The molecule has 0 saturated heterocycles. The highest BCUT2D eigenvalue weighted by Crippen LogP contribution is 2.01. The van der Waals surface area contributed by atoms with Crippen molar-refractivity contribution >= 4 is 17.2 Å². The van der Waals surface area contributed by atoms with E-state index < -0.39 is 0 Å². The van der Waals surface area contributed by atoms with Crippen molar-refractivity contribution in [2.45, 2.75) is 32.2 Å². The molecule has 3 N–H and O–H groups in total. The summed E-state index contributed by atoms with van der Waals surface area (Å²) in [5.41, 5.74) is 5.52. The molecule has 13 heavy (non-hydrogen) atoms. The van der Waals surface area contributed by atoms with Crippen molar-refractivity contribution in [3.8, 4) is 0 Å². The second-order valence-corrected chi connectivity index (χ2v) is 3.81. The Bertz CT molecular complexity index is 153. The van der Waals surface area contributed by atoms with E-state index in [0.29, 0.717) is 4.99 Å². The van der Waals surface area contributed by atoms with E-state index in [1.807, 2.05) is 14.0 Å². The largest absolute Gasteiger partial charge is 0.396 e. The van der Waals surface area contributed by atoms with Crippen LogP contribution in [0, 0.1) is 0 Å². The summed E-state index contributed by atoms with van der Waals surface area (Å²) in [5.74, 6) is 0. The minimum atomic E-state index is 0.170. The smallest absolute Gasteiger partial charge is 0.0899 e. The molecule has 0 radical (unpaired) electrons. The van der Waals surface area contributed by atoms with Crippen molar-refractivity contribution in [2.75, 3.05) is 20.2 Å². The average Bonchev–Trinajstić information content (AvgIpc) is 2.10. The first-order valence-corrected chi connectivity index (χ1v) is 5.10. The molecule has 0 saturated carbocycles. The zero-order valence-corrected chi connectivity index (χ0v) is 9.31. The van der Waals surface area contributed by atoms with Crippen LogP contribution in [0.1, 0.15) is 26.2 Å². The van der Waals surface area contributed by atoms with E-state index in [9.17, 15) is 0 Å². The standard InChI is InChI=1S/C9H20N2OS/c1-8(9(10)13)11(2)6-4-3-5-7-12/h8,12H,3-7H2,1-2H3,(H2,10,13). The lowest BCUT2D eigenvalue weighted by Gasteiger charge is -2.23. The Morgan fingerprint density at radius 3 is 2.54 bits per heavy atom. The lowest BCUT2D eigenvalue weighted by molar-refractivity contribution is 0.268. The number of aliphatic hydroxyl groups is 1. The predicted molar refractivity (Wildman–Crippen MR) is 59.8 cm³/mol. The number of thiocarbonyl (C=S) groups is 1. The topological polar surface area (TPSA) is 49.5 Å². The van der Waals surface area contributed by atoms with Crippen molar-refractivity contribution in [1.29, 1.82) is 0 Å². The first-order valence-electron chi connectivity index (χ1n) is 4.70. The summed E-state index contributed by atoms with van der Waals surface area (Å²) in [6, 6.07) is 0.170. The van der Waals surface area contributed by atoms with Gasteiger partial charge in [-0.2, -0.15) is 0 Å². The van der Waals surface area contributed by atoms with Gasteiger partial charge >= 0.3 is 0 Å². The molecule has 0 aromatic heterocycles. The quantitative estimate of drug-likeness (QED) is 0.475. The summed E-state index contributed by atoms with van der Waals surface area (Å²) in [6.45, 7) is 3.28. The van der Waals surface area contributed by atoms with Crippen LogP contribution in [0.4, 0.5) is 0 Å². The Labute approximate surface area is 85.9 Å². The second kappa shape index (κ2) is 7.24. The number of rotatable bonds is 7. The van der Waals surface area contributed by atoms with Gasteiger partial charge in [0.2, 0.25) is 0 Å². The molecule has 0 fully saturated rings. The summed E-state index contributed by atoms with van der Waals surface area (Å²) in [6.07, 6.45) is 3.03. The Hall–Kier alpha value is -0.190. The lowest BCUT2D eigenvalue weighted by Crippen LogP contribution is -2.39. The van der Waals surface area contributed by atoms with E-state index in [0.717, 1.165) is 25.8 Å². The molecule has 0 aliphatic heterocycles. The highest BCUT2D eigenvalue weighted by Gasteiger charge is 2.10. The fourth-order valence-corrected chi connectivity index (χ4v) is 1.24. The van der Waals surface area contributed by atoms with E-state index in [-0.39, 0.29) is 12.6 Å². The Morgan fingerprint density at radius 2 is 2.08 bits per heavy atom. The van der Waals surface area contributed by atoms with Gasteiger partial charge in [0.15, 0.2) is 0 Å². The van der Waals surface area contributed by atoms with E-state index in [1.54, 1.807) is 0 Å². The van der Waals surface area contributed by atoms with Crippen LogP contribution in [0.2, 0.25) is 0 Å². The molecule has 0 amide bonds. The average molecular weight is 204 g/mol. The maximum absolute atomic E-state index is 8.57. The van der Waals surface area contributed by atoms with Gasteiger partial charge in [-0.25, -0.2) is 0 Å². The molecule has 4 heteroatoms. The Morgan fingerprint density at radius 1 is 1.46 bits per heavy atom. The third-order valence-corrected chi connectivity index (χ3v) is 2.58. The van der Waals surface area contributed by atoms with Crippen molar-refractivity contribution in [2.24, 2.45) is 5.73 Å². The number of hydrogen-bond acceptors (Lipinski definition) is 3. The third kappa shape index (κ3) is 5.96. The summed E-state index contributed by atoms with van der Waals surface area (Å²) < 4.78 is 0. The van der Waals surface area contributed by atoms with Gasteiger partial charge < -0.3 is 10.8 Å². The third-order valence-electron chi connectivity index (χ3n) is 2.24.